The Morgan fingerprint density at radius 2 is 2.25 bits per heavy atom. The Bertz CT molecular complexity index is 713. The maximum absolute atomic E-state index is 12.2. The van der Waals surface area contributed by atoms with E-state index in [9.17, 15) is 9.90 Å². The van der Waals surface area contributed by atoms with Crippen molar-refractivity contribution in [2.24, 2.45) is 0 Å². The van der Waals surface area contributed by atoms with E-state index in [4.69, 9.17) is 4.74 Å². The second-order valence-corrected chi connectivity index (χ2v) is 7.15. The van der Waals surface area contributed by atoms with Crippen molar-refractivity contribution in [3.05, 3.63) is 51.7 Å². The number of carbonyl (C=O) groups excluding carboxylic acids is 1. The smallest absolute Gasteiger partial charge is 0.315 e. The quantitative estimate of drug-likeness (QED) is 0.779. The number of hydrogen-bond acceptors (Lipinski definition) is 4. The summed E-state index contributed by atoms with van der Waals surface area (Å²) in [7, 11) is 1.66. The first-order valence-corrected chi connectivity index (χ1v) is 8.86. The number of ether oxygens (including phenoxy) is 1. The number of methoxy groups -OCH3 is 1. The largest absolute Gasteiger partial charge is 0.496 e. The number of amides is 2. The van der Waals surface area contributed by atoms with Gasteiger partial charge in [0.05, 0.1) is 19.7 Å². The maximum Gasteiger partial charge on any atom is 0.315 e. The lowest BCUT2D eigenvalue weighted by atomic mass is 10.1. The standard InChI is InChI=1S/C18H22N2O3S/c1-18(22,16-7-4-10-24-16)11-19-17(21)20-14-9-8-13-12(14)5-3-6-15(13)23-2/h3-7,10,14,22H,8-9,11H2,1-2H3,(H2,19,20,21)/t14-,18-/m0/s1. The SMILES string of the molecule is COc1cccc2c1CC[C@@H]2NC(=O)NC[C@](C)(O)c1cccs1. The van der Waals surface area contributed by atoms with E-state index >= 15 is 0 Å². The van der Waals surface area contributed by atoms with Crippen LogP contribution in [-0.4, -0.2) is 24.8 Å². The molecule has 1 aliphatic carbocycles. The molecule has 2 amide bonds. The fraction of sp³-hybridized carbons (Fsp3) is 0.389. The van der Waals surface area contributed by atoms with Gasteiger partial charge >= 0.3 is 6.03 Å². The zero-order valence-corrected chi connectivity index (χ0v) is 14.7. The zero-order chi connectivity index (χ0) is 17.2. The first kappa shape index (κ1) is 16.8. The number of aliphatic hydroxyl groups is 1. The summed E-state index contributed by atoms with van der Waals surface area (Å²) in [5.41, 5.74) is 1.20. The minimum Gasteiger partial charge on any atom is -0.496 e. The van der Waals surface area contributed by atoms with Crippen molar-refractivity contribution in [3.8, 4) is 5.75 Å². The van der Waals surface area contributed by atoms with Gasteiger partial charge in [0.1, 0.15) is 11.4 Å². The van der Waals surface area contributed by atoms with Gasteiger partial charge in [0, 0.05) is 4.88 Å². The highest BCUT2D eigenvalue weighted by atomic mass is 32.1. The lowest BCUT2D eigenvalue weighted by Gasteiger charge is -2.23. The van der Waals surface area contributed by atoms with Crippen LogP contribution in [0.2, 0.25) is 0 Å². The molecule has 128 valence electrons. The molecule has 5 nitrogen and oxygen atoms in total. The van der Waals surface area contributed by atoms with Crippen LogP contribution in [0.25, 0.3) is 0 Å². The van der Waals surface area contributed by atoms with Crippen LogP contribution in [0.4, 0.5) is 4.79 Å². The summed E-state index contributed by atoms with van der Waals surface area (Å²) in [5.74, 6) is 0.873. The van der Waals surface area contributed by atoms with Gasteiger partial charge in [-0.2, -0.15) is 0 Å². The Labute approximate surface area is 145 Å². The van der Waals surface area contributed by atoms with Crippen LogP contribution in [0.5, 0.6) is 5.75 Å². The van der Waals surface area contributed by atoms with Gasteiger partial charge in [-0.15, -0.1) is 11.3 Å². The number of carbonyl (C=O) groups is 1. The van der Waals surface area contributed by atoms with Crippen molar-refractivity contribution in [2.75, 3.05) is 13.7 Å². The van der Waals surface area contributed by atoms with E-state index < -0.39 is 5.60 Å². The van der Waals surface area contributed by atoms with Gasteiger partial charge in [-0.3, -0.25) is 0 Å². The molecule has 1 heterocycles. The molecule has 0 unspecified atom stereocenters. The van der Waals surface area contributed by atoms with E-state index in [0.29, 0.717) is 0 Å². The second-order valence-electron chi connectivity index (χ2n) is 6.20. The van der Waals surface area contributed by atoms with E-state index in [1.165, 1.54) is 11.3 Å². The monoisotopic (exact) mass is 346 g/mol. The molecule has 1 aromatic heterocycles. The summed E-state index contributed by atoms with van der Waals surface area (Å²) in [5, 5.41) is 18.1. The van der Waals surface area contributed by atoms with Gasteiger partial charge in [0.15, 0.2) is 0 Å². The number of fused-ring (bicyclic) bond motifs is 1. The predicted octanol–water partition coefficient (Wildman–Crippen LogP) is 2.95. The molecule has 0 fully saturated rings. The molecule has 1 aliphatic rings. The van der Waals surface area contributed by atoms with Gasteiger partial charge in [-0.25, -0.2) is 4.79 Å². The lowest BCUT2D eigenvalue weighted by Crippen LogP contribution is -2.44. The van der Waals surface area contributed by atoms with Gasteiger partial charge in [0.25, 0.3) is 0 Å². The van der Waals surface area contributed by atoms with Crippen molar-refractivity contribution in [2.45, 2.75) is 31.4 Å². The molecule has 0 aliphatic heterocycles. The number of nitrogens with one attached hydrogen (secondary N) is 2. The fourth-order valence-corrected chi connectivity index (χ4v) is 3.88. The molecule has 0 radical (unpaired) electrons. The average Bonchev–Trinajstić information content (AvgIpc) is 3.23. The Kier molecular flexibility index (Phi) is 4.78. The van der Waals surface area contributed by atoms with E-state index in [0.717, 1.165) is 34.6 Å². The van der Waals surface area contributed by atoms with E-state index in [2.05, 4.69) is 10.6 Å². The zero-order valence-electron chi connectivity index (χ0n) is 13.8. The van der Waals surface area contributed by atoms with Crippen LogP contribution < -0.4 is 15.4 Å². The van der Waals surface area contributed by atoms with E-state index in [1.54, 1.807) is 14.0 Å². The van der Waals surface area contributed by atoms with Crippen molar-refractivity contribution < 1.29 is 14.6 Å². The highest BCUT2D eigenvalue weighted by Gasteiger charge is 2.28. The van der Waals surface area contributed by atoms with Gasteiger partial charge in [-0.05, 0) is 48.4 Å². The molecular formula is C18H22N2O3S. The number of thiophene rings is 1. The number of hydrogen-bond donors (Lipinski definition) is 3. The van der Waals surface area contributed by atoms with Crippen molar-refractivity contribution >= 4 is 17.4 Å². The first-order valence-electron chi connectivity index (χ1n) is 7.98. The molecule has 0 spiro atoms. The number of rotatable bonds is 5. The normalized spacial score (nSPS) is 18.5. The Balaban J connectivity index is 1.59. The number of urea groups is 1. The summed E-state index contributed by atoms with van der Waals surface area (Å²) in [4.78, 5) is 13.1. The third kappa shape index (κ3) is 3.39. The van der Waals surface area contributed by atoms with Gasteiger partial charge < -0.3 is 20.5 Å². The molecule has 2 aromatic rings. The summed E-state index contributed by atoms with van der Waals surface area (Å²) >= 11 is 1.47. The van der Waals surface area contributed by atoms with E-state index in [-0.39, 0.29) is 18.6 Å². The summed E-state index contributed by atoms with van der Waals surface area (Å²) in [6.45, 7) is 1.87. The van der Waals surface area contributed by atoms with Crippen LogP contribution in [0.1, 0.15) is 35.4 Å². The third-order valence-electron chi connectivity index (χ3n) is 4.40. The molecule has 3 N–H and O–H groups in total. The Hall–Kier alpha value is -2.05. The molecule has 3 rings (SSSR count). The minimum atomic E-state index is -1.07. The summed E-state index contributed by atoms with van der Waals surface area (Å²) in [6.07, 6.45) is 1.74. The first-order chi connectivity index (χ1) is 11.5. The summed E-state index contributed by atoms with van der Waals surface area (Å²) in [6, 6.07) is 9.37. The van der Waals surface area contributed by atoms with Crippen molar-refractivity contribution in [1.29, 1.82) is 0 Å². The number of benzene rings is 1. The maximum atomic E-state index is 12.2. The molecule has 0 bridgehead atoms. The predicted molar refractivity (Wildman–Crippen MR) is 94.5 cm³/mol. The second kappa shape index (κ2) is 6.83. The lowest BCUT2D eigenvalue weighted by molar-refractivity contribution is 0.0630. The Morgan fingerprint density at radius 1 is 1.42 bits per heavy atom. The fourth-order valence-electron chi connectivity index (χ4n) is 3.10. The van der Waals surface area contributed by atoms with Gasteiger partial charge in [0.2, 0.25) is 0 Å². The minimum absolute atomic E-state index is 0.0261. The molecule has 0 saturated heterocycles. The van der Waals surface area contributed by atoms with Crippen molar-refractivity contribution in [3.63, 3.8) is 0 Å². The molecule has 2 atom stereocenters. The van der Waals surface area contributed by atoms with Crippen LogP contribution >= 0.6 is 11.3 Å². The van der Waals surface area contributed by atoms with Crippen LogP contribution in [0.3, 0.4) is 0 Å². The molecule has 1 aromatic carbocycles. The van der Waals surface area contributed by atoms with Crippen molar-refractivity contribution in [1.82, 2.24) is 10.6 Å². The highest BCUT2D eigenvalue weighted by molar-refractivity contribution is 7.10. The molecule has 0 saturated carbocycles. The van der Waals surface area contributed by atoms with Crippen LogP contribution in [-0.2, 0) is 12.0 Å². The third-order valence-corrected chi connectivity index (χ3v) is 5.52. The average molecular weight is 346 g/mol. The van der Waals surface area contributed by atoms with E-state index in [1.807, 2.05) is 35.7 Å². The molecular weight excluding hydrogens is 324 g/mol. The topological polar surface area (TPSA) is 70.6 Å². The molecule has 24 heavy (non-hydrogen) atoms. The molecule has 6 heteroatoms. The summed E-state index contributed by atoms with van der Waals surface area (Å²) < 4.78 is 5.38. The van der Waals surface area contributed by atoms with Crippen LogP contribution in [0, 0.1) is 0 Å². The van der Waals surface area contributed by atoms with Gasteiger partial charge in [-0.1, -0.05) is 18.2 Å². The Morgan fingerprint density at radius 3 is 2.96 bits per heavy atom. The highest BCUT2D eigenvalue weighted by Crippen LogP contribution is 2.36. The van der Waals surface area contributed by atoms with Crippen LogP contribution in [0.15, 0.2) is 35.7 Å².